The fourth-order valence-corrected chi connectivity index (χ4v) is 2.98. The van der Waals surface area contributed by atoms with Gasteiger partial charge in [-0.15, -0.1) is 0 Å². The Morgan fingerprint density at radius 3 is 2.52 bits per heavy atom. The molecule has 6 heteroatoms. The van der Waals surface area contributed by atoms with E-state index in [2.05, 4.69) is 10.6 Å². The molecule has 0 unspecified atom stereocenters. The summed E-state index contributed by atoms with van der Waals surface area (Å²) in [6.45, 7) is 3.47. The monoisotopic (exact) mass is 346 g/mol. The van der Waals surface area contributed by atoms with E-state index in [0.29, 0.717) is 18.0 Å². The Hall–Kier alpha value is -2.37. The van der Waals surface area contributed by atoms with Crippen LogP contribution in [0.25, 0.3) is 0 Å². The van der Waals surface area contributed by atoms with Crippen LogP contribution in [0.1, 0.15) is 49.7 Å². The molecule has 1 saturated carbocycles. The Balaban J connectivity index is 1.65. The number of ether oxygens (including phenoxy) is 1. The van der Waals surface area contributed by atoms with Crippen molar-refractivity contribution in [1.29, 1.82) is 0 Å². The standard InChI is InChI=1S/C19H26N2O4/c1-13-7-9-16(11-14(13)2)20-19(24)21-17(22)12-25-18(23)10-8-15-5-3-4-6-15/h7,9,11,15H,3-6,8,10,12H2,1-2H3,(H2,20,21,22,24). The first-order chi connectivity index (χ1) is 11.9. The van der Waals surface area contributed by atoms with Gasteiger partial charge >= 0.3 is 12.0 Å². The molecule has 0 bridgehead atoms. The van der Waals surface area contributed by atoms with Crippen LogP contribution in [-0.2, 0) is 14.3 Å². The molecule has 2 N–H and O–H groups in total. The van der Waals surface area contributed by atoms with Gasteiger partial charge in [0.2, 0.25) is 0 Å². The van der Waals surface area contributed by atoms with Gasteiger partial charge in [0.05, 0.1) is 0 Å². The molecular formula is C19H26N2O4. The Bertz CT molecular complexity index is 636. The normalized spacial score (nSPS) is 14.2. The van der Waals surface area contributed by atoms with E-state index >= 15 is 0 Å². The zero-order chi connectivity index (χ0) is 18.2. The van der Waals surface area contributed by atoms with Crippen molar-refractivity contribution in [1.82, 2.24) is 5.32 Å². The van der Waals surface area contributed by atoms with Gasteiger partial charge in [0.15, 0.2) is 6.61 Å². The summed E-state index contributed by atoms with van der Waals surface area (Å²) < 4.78 is 4.92. The number of urea groups is 1. The minimum Gasteiger partial charge on any atom is -0.456 e. The van der Waals surface area contributed by atoms with Crippen molar-refractivity contribution in [2.45, 2.75) is 52.4 Å². The number of anilines is 1. The number of esters is 1. The molecule has 0 saturated heterocycles. The van der Waals surface area contributed by atoms with Crippen LogP contribution < -0.4 is 10.6 Å². The average Bonchev–Trinajstić information content (AvgIpc) is 3.08. The van der Waals surface area contributed by atoms with Crippen molar-refractivity contribution in [3.63, 3.8) is 0 Å². The summed E-state index contributed by atoms with van der Waals surface area (Å²) in [5.41, 5.74) is 2.76. The summed E-state index contributed by atoms with van der Waals surface area (Å²) in [6.07, 6.45) is 5.95. The lowest BCUT2D eigenvalue weighted by Gasteiger charge is -2.10. The molecule has 2 rings (SSSR count). The van der Waals surface area contributed by atoms with Crippen LogP contribution in [0.4, 0.5) is 10.5 Å². The van der Waals surface area contributed by atoms with Crippen LogP contribution in [0.2, 0.25) is 0 Å². The predicted octanol–water partition coefficient (Wildman–Crippen LogP) is 3.47. The zero-order valence-electron chi connectivity index (χ0n) is 14.9. The van der Waals surface area contributed by atoms with E-state index in [0.717, 1.165) is 17.5 Å². The van der Waals surface area contributed by atoms with Crippen LogP contribution in [0, 0.1) is 19.8 Å². The molecule has 0 radical (unpaired) electrons. The van der Waals surface area contributed by atoms with Gasteiger partial charge in [-0.3, -0.25) is 14.9 Å². The molecule has 1 aliphatic rings. The van der Waals surface area contributed by atoms with Gasteiger partial charge in [-0.2, -0.15) is 0 Å². The highest BCUT2D eigenvalue weighted by molar-refractivity contribution is 6.01. The van der Waals surface area contributed by atoms with E-state index in [1.807, 2.05) is 26.0 Å². The third kappa shape index (κ3) is 6.57. The smallest absolute Gasteiger partial charge is 0.325 e. The number of aryl methyl sites for hydroxylation is 2. The van der Waals surface area contributed by atoms with Gasteiger partial charge in [-0.25, -0.2) is 4.79 Å². The van der Waals surface area contributed by atoms with Crippen LogP contribution in [0.5, 0.6) is 0 Å². The van der Waals surface area contributed by atoms with E-state index in [9.17, 15) is 14.4 Å². The van der Waals surface area contributed by atoms with Crippen molar-refractivity contribution in [2.75, 3.05) is 11.9 Å². The van der Waals surface area contributed by atoms with E-state index in [4.69, 9.17) is 4.74 Å². The average molecular weight is 346 g/mol. The molecule has 136 valence electrons. The topological polar surface area (TPSA) is 84.5 Å². The third-order valence-corrected chi connectivity index (χ3v) is 4.61. The van der Waals surface area contributed by atoms with Gasteiger partial charge in [0.1, 0.15) is 0 Å². The van der Waals surface area contributed by atoms with Gasteiger partial charge in [-0.1, -0.05) is 31.7 Å². The lowest BCUT2D eigenvalue weighted by Crippen LogP contribution is -2.37. The van der Waals surface area contributed by atoms with Gasteiger partial charge < -0.3 is 10.1 Å². The number of benzene rings is 1. The number of nitrogens with one attached hydrogen (secondary N) is 2. The maximum Gasteiger partial charge on any atom is 0.325 e. The molecule has 1 aromatic carbocycles. The highest BCUT2D eigenvalue weighted by Crippen LogP contribution is 2.28. The van der Waals surface area contributed by atoms with Crippen molar-refractivity contribution in [3.05, 3.63) is 29.3 Å². The van der Waals surface area contributed by atoms with E-state index in [1.54, 1.807) is 6.07 Å². The second-order valence-corrected chi connectivity index (χ2v) is 6.65. The molecule has 1 aromatic rings. The molecule has 1 aliphatic carbocycles. The minimum absolute atomic E-state index is 0.326. The molecule has 1 fully saturated rings. The summed E-state index contributed by atoms with van der Waals surface area (Å²) in [4.78, 5) is 35.1. The highest BCUT2D eigenvalue weighted by Gasteiger charge is 2.17. The first kappa shape index (κ1) is 19.0. The predicted molar refractivity (Wildman–Crippen MR) is 95.2 cm³/mol. The summed E-state index contributed by atoms with van der Waals surface area (Å²) in [5, 5.41) is 4.73. The molecule has 0 aromatic heterocycles. The van der Waals surface area contributed by atoms with Crippen molar-refractivity contribution in [2.24, 2.45) is 5.92 Å². The largest absolute Gasteiger partial charge is 0.456 e. The molecular weight excluding hydrogens is 320 g/mol. The lowest BCUT2D eigenvalue weighted by atomic mass is 10.0. The fraction of sp³-hybridized carbons (Fsp3) is 0.526. The molecule has 25 heavy (non-hydrogen) atoms. The Morgan fingerprint density at radius 2 is 1.84 bits per heavy atom. The van der Waals surface area contributed by atoms with Crippen LogP contribution in [0.15, 0.2) is 18.2 Å². The quantitative estimate of drug-likeness (QED) is 0.773. The molecule has 0 aliphatic heterocycles. The highest BCUT2D eigenvalue weighted by atomic mass is 16.5. The molecule has 0 heterocycles. The number of rotatable bonds is 6. The maximum absolute atomic E-state index is 11.8. The van der Waals surface area contributed by atoms with Gasteiger partial charge in [0, 0.05) is 12.1 Å². The third-order valence-electron chi connectivity index (χ3n) is 4.61. The number of amides is 3. The van der Waals surface area contributed by atoms with Crippen LogP contribution in [0.3, 0.4) is 0 Å². The molecule has 0 atom stereocenters. The SMILES string of the molecule is Cc1ccc(NC(=O)NC(=O)COC(=O)CCC2CCCC2)cc1C. The summed E-state index contributed by atoms with van der Waals surface area (Å²) >= 11 is 0. The number of imide groups is 1. The number of carbonyl (C=O) groups excluding carboxylic acids is 3. The molecule has 3 amide bonds. The summed E-state index contributed by atoms with van der Waals surface area (Å²) in [6, 6.07) is 4.83. The lowest BCUT2D eigenvalue weighted by molar-refractivity contribution is -0.148. The van der Waals surface area contributed by atoms with Gasteiger partial charge in [0.25, 0.3) is 5.91 Å². The van der Waals surface area contributed by atoms with E-state index < -0.39 is 24.5 Å². The first-order valence-corrected chi connectivity index (χ1v) is 8.78. The minimum atomic E-state index is -0.643. The summed E-state index contributed by atoms with van der Waals surface area (Å²) in [7, 11) is 0. The summed E-state index contributed by atoms with van der Waals surface area (Å²) in [5.74, 6) is -0.433. The second-order valence-electron chi connectivity index (χ2n) is 6.65. The second kappa shape index (κ2) is 9.20. The number of hydrogen-bond acceptors (Lipinski definition) is 4. The Morgan fingerprint density at radius 1 is 1.12 bits per heavy atom. The Labute approximate surface area is 148 Å². The van der Waals surface area contributed by atoms with Crippen LogP contribution in [-0.4, -0.2) is 24.5 Å². The maximum atomic E-state index is 11.8. The van der Waals surface area contributed by atoms with Crippen molar-refractivity contribution < 1.29 is 19.1 Å². The zero-order valence-corrected chi connectivity index (χ0v) is 14.9. The van der Waals surface area contributed by atoms with Crippen molar-refractivity contribution in [3.8, 4) is 0 Å². The van der Waals surface area contributed by atoms with Crippen LogP contribution >= 0.6 is 0 Å². The van der Waals surface area contributed by atoms with Crippen molar-refractivity contribution >= 4 is 23.6 Å². The number of hydrogen-bond donors (Lipinski definition) is 2. The molecule has 6 nitrogen and oxygen atoms in total. The number of carbonyl (C=O) groups is 3. The van der Waals surface area contributed by atoms with E-state index in [1.165, 1.54) is 25.7 Å². The first-order valence-electron chi connectivity index (χ1n) is 8.78. The van der Waals surface area contributed by atoms with E-state index in [-0.39, 0.29) is 0 Å². The Kier molecular flexibility index (Phi) is 6.98. The molecule has 0 spiro atoms. The van der Waals surface area contributed by atoms with Gasteiger partial charge in [-0.05, 0) is 49.4 Å². The fourth-order valence-electron chi connectivity index (χ4n) is 2.98.